The Balaban J connectivity index is 1.53. The first kappa shape index (κ1) is 14.4. The van der Waals surface area contributed by atoms with Crippen LogP contribution in [-0.4, -0.2) is 23.9 Å². The first-order valence-electron chi connectivity index (χ1n) is 7.38. The van der Waals surface area contributed by atoms with E-state index in [1.54, 1.807) is 12.1 Å². The van der Waals surface area contributed by atoms with Crippen molar-refractivity contribution in [1.29, 1.82) is 0 Å². The molecule has 116 valence electrons. The monoisotopic (exact) mass is 302 g/mol. The lowest BCUT2D eigenvalue weighted by atomic mass is 9.90. The minimum atomic E-state index is -0.138. The smallest absolute Gasteiger partial charge is 0.254 e. The Morgan fingerprint density at radius 3 is 1.82 bits per heavy atom. The lowest BCUT2D eigenvalue weighted by molar-refractivity contribution is 0.0902. The zero-order chi connectivity index (χ0) is 15.4. The van der Waals surface area contributed by atoms with E-state index in [-0.39, 0.29) is 23.9 Å². The van der Waals surface area contributed by atoms with Gasteiger partial charge in [-0.3, -0.25) is 9.59 Å². The van der Waals surface area contributed by atoms with Gasteiger partial charge in [-0.1, -0.05) is 0 Å². The number of nitrogens with one attached hydrogen (secondary N) is 2. The van der Waals surface area contributed by atoms with Crippen LogP contribution in [0.1, 0.15) is 46.4 Å². The molecule has 22 heavy (non-hydrogen) atoms. The Bertz CT molecular complexity index is 564. The van der Waals surface area contributed by atoms with Crippen LogP contribution in [0.15, 0.2) is 46.0 Å². The van der Waals surface area contributed by atoms with Crippen molar-refractivity contribution in [3.8, 4) is 0 Å². The Morgan fingerprint density at radius 2 is 1.41 bits per heavy atom. The van der Waals surface area contributed by atoms with E-state index in [4.69, 9.17) is 8.83 Å². The van der Waals surface area contributed by atoms with Crippen molar-refractivity contribution in [2.75, 3.05) is 0 Å². The van der Waals surface area contributed by atoms with Gasteiger partial charge in [-0.15, -0.1) is 0 Å². The molecule has 2 N–H and O–H groups in total. The third kappa shape index (κ3) is 3.39. The van der Waals surface area contributed by atoms with Crippen LogP contribution in [-0.2, 0) is 0 Å². The average Bonchev–Trinajstić information content (AvgIpc) is 3.21. The SMILES string of the molecule is O=C(NC1CCCC(NC(=O)c2ccoc2)C1)c1ccoc1. The summed E-state index contributed by atoms with van der Waals surface area (Å²) in [5.41, 5.74) is 1.04. The maximum absolute atomic E-state index is 12.0. The molecule has 1 aliphatic rings. The molecule has 2 heterocycles. The summed E-state index contributed by atoms with van der Waals surface area (Å²) in [7, 11) is 0. The summed E-state index contributed by atoms with van der Waals surface area (Å²) in [6, 6.07) is 3.39. The van der Waals surface area contributed by atoms with Gasteiger partial charge in [0.25, 0.3) is 11.8 Å². The van der Waals surface area contributed by atoms with Crippen molar-refractivity contribution in [3.63, 3.8) is 0 Å². The molecule has 0 radical (unpaired) electrons. The number of carbonyl (C=O) groups is 2. The fraction of sp³-hybridized carbons (Fsp3) is 0.375. The van der Waals surface area contributed by atoms with Crippen LogP contribution in [0.2, 0.25) is 0 Å². The maximum atomic E-state index is 12.0. The van der Waals surface area contributed by atoms with E-state index in [9.17, 15) is 9.59 Å². The Hall–Kier alpha value is -2.50. The molecular formula is C16H18N2O4. The van der Waals surface area contributed by atoms with E-state index in [1.165, 1.54) is 25.1 Å². The second-order valence-corrected chi connectivity index (χ2v) is 5.53. The molecule has 2 aromatic heterocycles. The highest BCUT2D eigenvalue weighted by molar-refractivity contribution is 5.94. The molecule has 0 spiro atoms. The molecular weight excluding hydrogens is 284 g/mol. The minimum Gasteiger partial charge on any atom is -0.472 e. The lowest BCUT2D eigenvalue weighted by Crippen LogP contribution is -2.45. The van der Waals surface area contributed by atoms with E-state index >= 15 is 0 Å². The fourth-order valence-electron chi connectivity index (χ4n) is 2.78. The number of furan rings is 2. The number of rotatable bonds is 4. The summed E-state index contributed by atoms with van der Waals surface area (Å²) in [5, 5.41) is 5.98. The van der Waals surface area contributed by atoms with E-state index in [0.29, 0.717) is 11.1 Å². The predicted octanol–water partition coefficient (Wildman–Crippen LogP) is 2.34. The van der Waals surface area contributed by atoms with Crippen LogP contribution in [0.25, 0.3) is 0 Å². The van der Waals surface area contributed by atoms with Crippen LogP contribution in [0.3, 0.4) is 0 Å². The number of hydrogen-bond acceptors (Lipinski definition) is 4. The summed E-state index contributed by atoms with van der Waals surface area (Å²) in [5.74, 6) is -0.277. The van der Waals surface area contributed by atoms with Crippen molar-refractivity contribution in [2.45, 2.75) is 37.8 Å². The van der Waals surface area contributed by atoms with Crippen LogP contribution in [0.4, 0.5) is 0 Å². The van der Waals surface area contributed by atoms with Crippen molar-refractivity contribution in [3.05, 3.63) is 48.3 Å². The molecule has 2 aromatic rings. The van der Waals surface area contributed by atoms with Crippen molar-refractivity contribution >= 4 is 11.8 Å². The van der Waals surface area contributed by atoms with Gasteiger partial charge in [0.1, 0.15) is 12.5 Å². The Kier molecular flexibility index (Phi) is 4.27. The Morgan fingerprint density at radius 1 is 0.909 bits per heavy atom. The Labute approximate surface area is 127 Å². The average molecular weight is 302 g/mol. The minimum absolute atomic E-state index is 0.0609. The van der Waals surface area contributed by atoms with Crippen LogP contribution >= 0.6 is 0 Å². The quantitative estimate of drug-likeness (QED) is 0.908. The van der Waals surface area contributed by atoms with Gasteiger partial charge in [-0.25, -0.2) is 0 Å². The molecule has 0 aromatic carbocycles. The summed E-state index contributed by atoms with van der Waals surface area (Å²) in [6.45, 7) is 0. The zero-order valence-electron chi connectivity index (χ0n) is 12.1. The largest absolute Gasteiger partial charge is 0.472 e. The molecule has 1 aliphatic carbocycles. The summed E-state index contributed by atoms with van der Waals surface area (Å²) in [4.78, 5) is 24.0. The van der Waals surface area contributed by atoms with Crippen LogP contribution in [0, 0.1) is 0 Å². The molecule has 0 bridgehead atoms. The van der Waals surface area contributed by atoms with E-state index in [1.807, 2.05) is 0 Å². The zero-order valence-corrected chi connectivity index (χ0v) is 12.1. The van der Waals surface area contributed by atoms with Gasteiger partial charge in [0.2, 0.25) is 0 Å². The highest BCUT2D eigenvalue weighted by Crippen LogP contribution is 2.19. The van der Waals surface area contributed by atoms with E-state index in [2.05, 4.69) is 10.6 Å². The summed E-state index contributed by atoms with van der Waals surface area (Å²) in [6.07, 6.45) is 9.34. The topological polar surface area (TPSA) is 84.5 Å². The van der Waals surface area contributed by atoms with Crippen molar-refractivity contribution < 1.29 is 18.4 Å². The molecule has 2 amide bonds. The van der Waals surface area contributed by atoms with Gasteiger partial charge in [0, 0.05) is 12.1 Å². The first-order valence-corrected chi connectivity index (χ1v) is 7.38. The highest BCUT2D eigenvalue weighted by atomic mass is 16.3. The van der Waals surface area contributed by atoms with Gasteiger partial charge in [-0.05, 0) is 37.8 Å². The molecule has 1 saturated carbocycles. The summed E-state index contributed by atoms with van der Waals surface area (Å²) >= 11 is 0. The maximum Gasteiger partial charge on any atom is 0.254 e. The van der Waals surface area contributed by atoms with Gasteiger partial charge in [-0.2, -0.15) is 0 Å². The van der Waals surface area contributed by atoms with Crippen molar-refractivity contribution in [1.82, 2.24) is 10.6 Å². The van der Waals surface area contributed by atoms with Crippen LogP contribution < -0.4 is 10.6 Å². The third-order valence-electron chi connectivity index (χ3n) is 3.91. The van der Waals surface area contributed by atoms with Crippen LogP contribution in [0.5, 0.6) is 0 Å². The molecule has 0 aliphatic heterocycles. The number of hydrogen-bond donors (Lipinski definition) is 2. The highest BCUT2D eigenvalue weighted by Gasteiger charge is 2.25. The van der Waals surface area contributed by atoms with E-state index < -0.39 is 0 Å². The van der Waals surface area contributed by atoms with Gasteiger partial charge >= 0.3 is 0 Å². The molecule has 1 fully saturated rings. The molecule has 2 unspecified atom stereocenters. The first-order chi connectivity index (χ1) is 10.7. The molecule has 0 saturated heterocycles. The fourth-order valence-corrected chi connectivity index (χ4v) is 2.78. The predicted molar refractivity (Wildman–Crippen MR) is 78.4 cm³/mol. The second-order valence-electron chi connectivity index (χ2n) is 5.53. The lowest BCUT2D eigenvalue weighted by Gasteiger charge is -2.30. The third-order valence-corrected chi connectivity index (χ3v) is 3.91. The van der Waals surface area contributed by atoms with Gasteiger partial charge in [0.15, 0.2) is 0 Å². The number of carbonyl (C=O) groups excluding carboxylic acids is 2. The van der Waals surface area contributed by atoms with Gasteiger partial charge < -0.3 is 19.5 Å². The van der Waals surface area contributed by atoms with Gasteiger partial charge in [0.05, 0.1) is 23.7 Å². The normalized spacial score (nSPS) is 21.3. The standard InChI is InChI=1S/C16H18N2O4/c19-15(11-4-6-21-9-11)17-13-2-1-3-14(8-13)18-16(20)12-5-7-22-10-12/h4-7,9-10,13-14H,1-3,8H2,(H,17,19)(H,18,20). The molecule has 6 nitrogen and oxygen atoms in total. The van der Waals surface area contributed by atoms with E-state index in [0.717, 1.165) is 25.7 Å². The molecule has 3 rings (SSSR count). The van der Waals surface area contributed by atoms with Crippen molar-refractivity contribution in [2.24, 2.45) is 0 Å². The second kappa shape index (κ2) is 6.51. The molecule has 2 atom stereocenters. The number of amides is 2. The molecule has 6 heteroatoms. The summed E-state index contributed by atoms with van der Waals surface area (Å²) < 4.78 is 9.83.